The summed E-state index contributed by atoms with van der Waals surface area (Å²) in [7, 11) is 1.87. The van der Waals surface area contributed by atoms with Crippen LogP contribution in [-0.2, 0) is 7.05 Å². The molecule has 0 aliphatic heterocycles. The molecule has 0 spiro atoms. The summed E-state index contributed by atoms with van der Waals surface area (Å²) in [6, 6.07) is 1.86. The van der Waals surface area contributed by atoms with E-state index in [4.69, 9.17) is 0 Å². The summed E-state index contributed by atoms with van der Waals surface area (Å²) in [6.07, 6.45) is 5.34. The molecule has 2 rings (SSSR count). The smallest absolute Gasteiger partial charge is 0.229 e. The fraction of sp³-hybridized carbons (Fsp3) is 0.462. The van der Waals surface area contributed by atoms with E-state index < -0.39 is 0 Å². The number of aromatic nitrogens is 4. The van der Waals surface area contributed by atoms with Crippen LogP contribution in [0.1, 0.15) is 20.8 Å². The van der Waals surface area contributed by atoms with E-state index in [-0.39, 0.29) is 5.41 Å². The first-order chi connectivity index (χ1) is 8.92. The van der Waals surface area contributed by atoms with Crippen LogP contribution in [0.3, 0.4) is 0 Å². The lowest BCUT2D eigenvalue weighted by Crippen LogP contribution is -2.19. The van der Waals surface area contributed by atoms with Gasteiger partial charge in [-0.15, -0.1) is 0 Å². The number of hydrogen-bond acceptors (Lipinski definition) is 5. The quantitative estimate of drug-likeness (QED) is 0.883. The van der Waals surface area contributed by atoms with Crippen molar-refractivity contribution in [3.8, 4) is 0 Å². The summed E-state index contributed by atoms with van der Waals surface area (Å²) >= 11 is 0. The third-order valence-electron chi connectivity index (χ3n) is 2.42. The zero-order valence-corrected chi connectivity index (χ0v) is 11.8. The molecule has 0 amide bonds. The molecule has 19 heavy (non-hydrogen) atoms. The average Bonchev–Trinajstić information content (AvgIpc) is 2.72. The van der Waals surface area contributed by atoms with Crippen molar-refractivity contribution in [3.63, 3.8) is 0 Å². The summed E-state index contributed by atoms with van der Waals surface area (Å²) < 4.78 is 1.73. The third-order valence-corrected chi connectivity index (χ3v) is 2.42. The molecule has 0 aromatic carbocycles. The molecule has 0 radical (unpaired) electrons. The monoisotopic (exact) mass is 260 g/mol. The van der Waals surface area contributed by atoms with Gasteiger partial charge in [0, 0.05) is 26.0 Å². The predicted molar refractivity (Wildman–Crippen MR) is 76.5 cm³/mol. The van der Waals surface area contributed by atoms with E-state index in [1.54, 1.807) is 17.1 Å². The van der Waals surface area contributed by atoms with Gasteiger partial charge in [0.1, 0.15) is 5.82 Å². The zero-order chi connectivity index (χ0) is 13.9. The molecular weight excluding hydrogens is 240 g/mol. The fourth-order valence-electron chi connectivity index (χ4n) is 1.49. The van der Waals surface area contributed by atoms with Gasteiger partial charge in [0.05, 0.1) is 11.9 Å². The number of aryl methyl sites for hydroxylation is 1. The number of hydrogen-bond donors (Lipinski definition) is 2. The van der Waals surface area contributed by atoms with E-state index in [1.807, 2.05) is 19.3 Å². The van der Waals surface area contributed by atoms with Crippen molar-refractivity contribution in [2.45, 2.75) is 20.8 Å². The van der Waals surface area contributed by atoms with E-state index in [1.165, 1.54) is 0 Å². The van der Waals surface area contributed by atoms with Crippen molar-refractivity contribution in [3.05, 3.63) is 24.7 Å². The lowest BCUT2D eigenvalue weighted by atomic mass is 9.97. The van der Waals surface area contributed by atoms with Gasteiger partial charge in [-0.3, -0.25) is 4.68 Å². The second kappa shape index (κ2) is 5.26. The summed E-state index contributed by atoms with van der Waals surface area (Å²) in [5.41, 5.74) is 1.08. The van der Waals surface area contributed by atoms with Crippen LogP contribution in [0.15, 0.2) is 24.7 Å². The minimum Gasteiger partial charge on any atom is -0.369 e. The van der Waals surface area contributed by atoms with Crippen LogP contribution in [0.2, 0.25) is 0 Å². The molecule has 2 N–H and O–H groups in total. The summed E-state index contributed by atoms with van der Waals surface area (Å²) in [6.45, 7) is 7.39. The highest BCUT2D eigenvalue weighted by atomic mass is 15.3. The molecular formula is C13H20N6. The lowest BCUT2D eigenvalue weighted by molar-refractivity contribution is 0.442. The van der Waals surface area contributed by atoms with Gasteiger partial charge >= 0.3 is 0 Å². The Kier molecular flexibility index (Phi) is 3.69. The highest BCUT2D eigenvalue weighted by molar-refractivity contribution is 5.52. The number of anilines is 3. The van der Waals surface area contributed by atoms with E-state index in [2.05, 4.69) is 46.5 Å². The molecule has 0 saturated carbocycles. The summed E-state index contributed by atoms with van der Waals surface area (Å²) in [5, 5.41) is 10.5. The van der Waals surface area contributed by atoms with E-state index >= 15 is 0 Å². The minimum atomic E-state index is 0.210. The van der Waals surface area contributed by atoms with Crippen molar-refractivity contribution in [1.29, 1.82) is 0 Å². The molecule has 0 aliphatic carbocycles. The van der Waals surface area contributed by atoms with Crippen LogP contribution in [-0.4, -0.2) is 26.3 Å². The summed E-state index contributed by atoms with van der Waals surface area (Å²) in [5.74, 6) is 1.38. The van der Waals surface area contributed by atoms with Gasteiger partial charge in [0.25, 0.3) is 0 Å². The molecule has 0 aliphatic rings. The molecule has 6 nitrogen and oxygen atoms in total. The Balaban J connectivity index is 2.02. The van der Waals surface area contributed by atoms with Crippen LogP contribution in [0.25, 0.3) is 0 Å². The zero-order valence-electron chi connectivity index (χ0n) is 11.8. The van der Waals surface area contributed by atoms with Gasteiger partial charge in [-0.2, -0.15) is 10.1 Å². The number of nitrogens with zero attached hydrogens (tertiary/aromatic N) is 4. The van der Waals surface area contributed by atoms with E-state index in [0.29, 0.717) is 5.95 Å². The predicted octanol–water partition coefficient (Wildman–Crippen LogP) is 2.41. The lowest BCUT2D eigenvalue weighted by Gasteiger charge is -2.19. The van der Waals surface area contributed by atoms with Gasteiger partial charge in [0.15, 0.2) is 0 Å². The van der Waals surface area contributed by atoms with E-state index in [0.717, 1.165) is 18.1 Å². The van der Waals surface area contributed by atoms with E-state index in [9.17, 15) is 0 Å². The topological polar surface area (TPSA) is 67.7 Å². The van der Waals surface area contributed by atoms with Crippen LogP contribution in [0, 0.1) is 5.41 Å². The molecule has 102 valence electrons. The van der Waals surface area contributed by atoms with Crippen LogP contribution < -0.4 is 10.6 Å². The Labute approximate surface area is 113 Å². The second-order valence-electron chi connectivity index (χ2n) is 5.71. The maximum Gasteiger partial charge on any atom is 0.229 e. The Morgan fingerprint density at radius 3 is 2.74 bits per heavy atom. The normalized spacial score (nSPS) is 11.4. The molecule has 2 aromatic heterocycles. The standard InChI is InChI=1S/C13H20N6/c1-13(2,3)9-15-11-5-6-14-12(18-11)17-10-7-16-19(4)8-10/h5-8H,9H2,1-4H3,(H2,14,15,17,18). The van der Waals surface area contributed by atoms with Crippen molar-refractivity contribution in [2.75, 3.05) is 17.2 Å². The van der Waals surface area contributed by atoms with Crippen molar-refractivity contribution in [1.82, 2.24) is 19.7 Å². The summed E-state index contributed by atoms with van der Waals surface area (Å²) in [4.78, 5) is 8.60. The largest absolute Gasteiger partial charge is 0.369 e. The number of nitrogens with one attached hydrogen (secondary N) is 2. The molecule has 0 saturated heterocycles. The van der Waals surface area contributed by atoms with Crippen molar-refractivity contribution in [2.24, 2.45) is 12.5 Å². The van der Waals surface area contributed by atoms with Crippen molar-refractivity contribution >= 4 is 17.5 Å². The van der Waals surface area contributed by atoms with Gasteiger partial charge in [-0.1, -0.05) is 20.8 Å². The fourth-order valence-corrected chi connectivity index (χ4v) is 1.49. The molecule has 0 unspecified atom stereocenters. The average molecular weight is 260 g/mol. The van der Waals surface area contributed by atoms with Gasteiger partial charge < -0.3 is 10.6 Å². The van der Waals surface area contributed by atoms with Crippen LogP contribution in [0.5, 0.6) is 0 Å². The molecule has 0 atom stereocenters. The van der Waals surface area contributed by atoms with Gasteiger partial charge in [-0.25, -0.2) is 4.98 Å². The first-order valence-electron chi connectivity index (χ1n) is 6.25. The molecule has 6 heteroatoms. The highest BCUT2D eigenvalue weighted by Crippen LogP contribution is 2.16. The first kappa shape index (κ1) is 13.3. The number of rotatable bonds is 4. The van der Waals surface area contributed by atoms with Crippen LogP contribution >= 0.6 is 0 Å². The Bertz CT molecular complexity index is 540. The Morgan fingerprint density at radius 2 is 2.11 bits per heavy atom. The molecule has 0 bridgehead atoms. The second-order valence-corrected chi connectivity index (χ2v) is 5.71. The Hall–Kier alpha value is -2.11. The van der Waals surface area contributed by atoms with Gasteiger partial charge in [0.2, 0.25) is 5.95 Å². The van der Waals surface area contributed by atoms with Crippen molar-refractivity contribution < 1.29 is 0 Å². The highest BCUT2D eigenvalue weighted by Gasteiger charge is 2.10. The SMILES string of the molecule is Cn1cc(Nc2nccc(NCC(C)(C)C)n2)cn1. The maximum atomic E-state index is 4.41. The van der Waals surface area contributed by atoms with Gasteiger partial charge in [-0.05, 0) is 11.5 Å². The molecule has 2 heterocycles. The third kappa shape index (κ3) is 4.24. The Morgan fingerprint density at radius 1 is 1.32 bits per heavy atom. The molecule has 0 fully saturated rings. The maximum absolute atomic E-state index is 4.41. The molecule has 2 aromatic rings. The minimum absolute atomic E-state index is 0.210. The first-order valence-corrected chi connectivity index (χ1v) is 6.25. The van der Waals surface area contributed by atoms with Crippen LogP contribution in [0.4, 0.5) is 17.5 Å².